The van der Waals surface area contributed by atoms with Gasteiger partial charge in [0.25, 0.3) is 12.1 Å². The van der Waals surface area contributed by atoms with Gasteiger partial charge in [-0.3, -0.25) is 9.59 Å². The van der Waals surface area contributed by atoms with Gasteiger partial charge in [0.2, 0.25) is 5.82 Å². The summed E-state index contributed by atoms with van der Waals surface area (Å²) in [5.74, 6) is -1.51. The number of halogens is 2. The summed E-state index contributed by atoms with van der Waals surface area (Å²) < 4.78 is 6.73. The molecule has 0 aliphatic carbocycles. The molecular weight excluding hydrogens is 417 g/mol. The van der Waals surface area contributed by atoms with E-state index in [1.807, 2.05) is 6.07 Å². The number of primary amides is 1. The summed E-state index contributed by atoms with van der Waals surface area (Å²) in [6.07, 6.45) is -1.18. The van der Waals surface area contributed by atoms with E-state index in [-0.39, 0.29) is 11.6 Å². The van der Waals surface area contributed by atoms with Crippen LogP contribution in [0.5, 0.6) is 0 Å². The number of hydrogen-bond donors (Lipinski definition) is 1. The average Bonchev–Trinajstić information content (AvgIpc) is 3.07. The Balaban J connectivity index is 2.05. The number of rotatable bonds is 3. The lowest BCUT2D eigenvalue weighted by Gasteiger charge is -2.13. The van der Waals surface area contributed by atoms with Crippen LogP contribution in [0.25, 0.3) is 5.69 Å². The maximum atomic E-state index is 11.7. The molecule has 1 amide bonds. The number of ether oxygens (including phenoxy) is 1. The largest absolute Gasteiger partial charge is 0.432 e. The molecule has 0 fully saturated rings. The first kappa shape index (κ1) is 19.1. The molecule has 0 spiro atoms. The van der Waals surface area contributed by atoms with E-state index in [0.717, 1.165) is 0 Å². The highest BCUT2D eigenvalue weighted by Crippen LogP contribution is 2.33. The zero-order valence-corrected chi connectivity index (χ0v) is 16.5. The smallest absolute Gasteiger partial charge is 0.304 e. The number of aromatic nitrogens is 3. The second kappa shape index (κ2) is 7.31. The minimum absolute atomic E-state index is 0.125. The third kappa shape index (κ3) is 3.48. The summed E-state index contributed by atoms with van der Waals surface area (Å²) in [6, 6.07) is 12.1. The van der Waals surface area contributed by atoms with Crippen molar-refractivity contribution in [2.75, 3.05) is 0 Å². The second-order valence-corrected chi connectivity index (χ2v) is 6.99. The number of nitrogens with zero attached hydrogens (tertiary/aromatic N) is 4. The van der Waals surface area contributed by atoms with Gasteiger partial charge in [-0.1, -0.05) is 41.4 Å². The zero-order chi connectivity index (χ0) is 20.7. The number of aliphatic imine (C=N–C) groups is 1. The van der Waals surface area contributed by atoms with E-state index in [1.54, 1.807) is 36.4 Å². The Morgan fingerprint density at radius 3 is 2.59 bits per heavy atom. The van der Waals surface area contributed by atoms with Crippen LogP contribution < -0.4 is 5.73 Å². The predicted molar refractivity (Wildman–Crippen MR) is 106 cm³/mol. The van der Waals surface area contributed by atoms with Crippen LogP contribution in [-0.2, 0) is 9.53 Å². The molecule has 2 heterocycles. The first-order valence-corrected chi connectivity index (χ1v) is 9.17. The molecule has 2 N–H and O–H groups in total. The topological polar surface area (TPSA) is 112 Å². The van der Waals surface area contributed by atoms with Crippen molar-refractivity contribution in [1.82, 2.24) is 14.8 Å². The average molecular weight is 430 g/mol. The molecule has 4 rings (SSSR count). The van der Waals surface area contributed by atoms with Crippen LogP contribution in [-0.4, -0.2) is 32.4 Å². The summed E-state index contributed by atoms with van der Waals surface area (Å²) in [5, 5.41) is 5.08. The molecule has 0 saturated carbocycles. The monoisotopic (exact) mass is 429 g/mol. The molecule has 1 aromatic heterocycles. The number of hydrogen-bond acceptors (Lipinski definition) is 6. The number of carbonyl (C=O) groups is 2. The van der Waals surface area contributed by atoms with Crippen LogP contribution in [0.3, 0.4) is 0 Å². The number of nitrogens with two attached hydrogens (primary N) is 1. The molecule has 0 saturated heterocycles. The lowest BCUT2D eigenvalue weighted by Crippen LogP contribution is -2.14. The van der Waals surface area contributed by atoms with E-state index >= 15 is 0 Å². The van der Waals surface area contributed by atoms with Crippen LogP contribution in [0.15, 0.2) is 47.5 Å². The Bertz CT molecular complexity index is 1190. The number of benzene rings is 2. The number of fused-ring (bicyclic) bond motifs is 3. The molecule has 1 atom stereocenters. The quantitative estimate of drug-likeness (QED) is 0.642. The van der Waals surface area contributed by atoms with Crippen LogP contribution >= 0.6 is 23.2 Å². The van der Waals surface area contributed by atoms with Crippen molar-refractivity contribution in [1.29, 1.82) is 0 Å². The Morgan fingerprint density at radius 1 is 1.14 bits per heavy atom. The molecule has 1 aliphatic rings. The van der Waals surface area contributed by atoms with Crippen molar-refractivity contribution >= 4 is 40.8 Å². The Hall–Kier alpha value is -3.23. The minimum atomic E-state index is -1.18. The highest BCUT2D eigenvalue weighted by molar-refractivity contribution is 6.36. The molecule has 8 nitrogen and oxygen atoms in total. The van der Waals surface area contributed by atoms with Crippen molar-refractivity contribution in [3.05, 3.63) is 75.3 Å². The Labute approximate surface area is 174 Å². The van der Waals surface area contributed by atoms with Crippen molar-refractivity contribution < 1.29 is 14.3 Å². The molecule has 146 valence electrons. The highest BCUT2D eigenvalue weighted by atomic mass is 35.5. The maximum absolute atomic E-state index is 11.7. The first-order chi connectivity index (χ1) is 13.8. The van der Waals surface area contributed by atoms with Gasteiger partial charge in [-0.05, 0) is 24.3 Å². The first-order valence-electron chi connectivity index (χ1n) is 8.42. The maximum Gasteiger partial charge on any atom is 0.304 e. The van der Waals surface area contributed by atoms with E-state index in [1.165, 1.54) is 11.6 Å². The molecule has 0 radical (unpaired) electrons. The molecule has 29 heavy (non-hydrogen) atoms. The van der Waals surface area contributed by atoms with Gasteiger partial charge in [0, 0.05) is 28.1 Å². The highest BCUT2D eigenvalue weighted by Gasteiger charge is 2.31. The molecule has 10 heteroatoms. The molecule has 0 bridgehead atoms. The molecule has 1 unspecified atom stereocenters. The van der Waals surface area contributed by atoms with E-state index in [4.69, 9.17) is 33.7 Å². The van der Waals surface area contributed by atoms with Gasteiger partial charge in [0.15, 0.2) is 5.82 Å². The Morgan fingerprint density at radius 2 is 1.90 bits per heavy atom. The van der Waals surface area contributed by atoms with E-state index in [0.29, 0.717) is 32.6 Å². The van der Waals surface area contributed by atoms with Crippen molar-refractivity contribution in [2.45, 2.75) is 13.2 Å². The molecule has 2 aromatic carbocycles. The minimum Gasteiger partial charge on any atom is -0.432 e. The van der Waals surface area contributed by atoms with Crippen molar-refractivity contribution in [3.8, 4) is 5.69 Å². The summed E-state index contributed by atoms with van der Waals surface area (Å²) in [7, 11) is 0. The predicted octanol–water partition coefficient (Wildman–Crippen LogP) is 3.09. The fourth-order valence-corrected chi connectivity index (χ4v) is 3.39. The normalized spacial score (nSPS) is 15.0. The fourth-order valence-electron chi connectivity index (χ4n) is 3.00. The lowest BCUT2D eigenvalue weighted by molar-refractivity contribution is -0.146. The number of carbonyl (C=O) groups excluding carboxylic acids is 2. The van der Waals surface area contributed by atoms with Crippen LogP contribution in [0.4, 0.5) is 0 Å². The fraction of sp³-hybridized carbons (Fsp3) is 0.105. The molecular formula is C19H13Cl2N5O3. The summed E-state index contributed by atoms with van der Waals surface area (Å²) >= 11 is 12.6. The van der Waals surface area contributed by atoms with Crippen LogP contribution in [0.2, 0.25) is 10.0 Å². The van der Waals surface area contributed by atoms with E-state index < -0.39 is 18.1 Å². The molecule has 1 aliphatic heterocycles. The van der Waals surface area contributed by atoms with E-state index in [2.05, 4.69) is 15.1 Å². The third-order valence-corrected chi connectivity index (χ3v) is 4.73. The van der Waals surface area contributed by atoms with Gasteiger partial charge in [0.05, 0.1) is 11.4 Å². The van der Waals surface area contributed by atoms with E-state index in [9.17, 15) is 9.59 Å². The van der Waals surface area contributed by atoms with Gasteiger partial charge >= 0.3 is 5.97 Å². The van der Waals surface area contributed by atoms with Gasteiger partial charge in [-0.15, -0.1) is 5.10 Å². The lowest BCUT2D eigenvalue weighted by atomic mass is 10.0. The second-order valence-electron chi connectivity index (χ2n) is 6.15. The SMILES string of the molecule is CC(=O)OC1N=C(c2ccccc2Cl)c2cc(Cl)ccc2-n2nc(C(N)=O)nc21. The third-order valence-electron chi connectivity index (χ3n) is 4.17. The van der Waals surface area contributed by atoms with Gasteiger partial charge < -0.3 is 10.5 Å². The summed E-state index contributed by atoms with van der Waals surface area (Å²) in [5.41, 5.74) is 7.48. The number of esters is 1. The summed E-state index contributed by atoms with van der Waals surface area (Å²) in [4.78, 5) is 32.1. The van der Waals surface area contributed by atoms with Crippen LogP contribution in [0.1, 0.15) is 40.7 Å². The van der Waals surface area contributed by atoms with Gasteiger partial charge in [-0.2, -0.15) is 0 Å². The van der Waals surface area contributed by atoms with Crippen molar-refractivity contribution in [2.24, 2.45) is 10.7 Å². The van der Waals surface area contributed by atoms with Gasteiger partial charge in [0.1, 0.15) is 0 Å². The van der Waals surface area contributed by atoms with Crippen molar-refractivity contribution in [3.63, 3.8) is 0 Å². The standard InChI is InChI=1S/C19H13Cl2N5O3/c1-9(27)29-19-18-24-17(16(22)28)25-26(18)14-7-6-10(20)8-12(14)15(23-19)11-4-2-3-5-13(11)21/h2-8,19H,1H3,(H2,22,28). The Kier molecular flexibility index (Phi) is 4.81. The summed E-state index contributed by atoms with van der Waals surface area (Å²) in [6.45, 7) is 1.25. The van der Waals surface area contributed by atoms with Gasteiger partial charge in [-0.25, -0.2) is 14.7 Å². The number of amides is 1. The molecule has 3 aromatic rings. The van der Waals surface area contributed by atoms with Crippen LogP contribution in [0, 0.1) is 0 Å². The zero-order valence-electron chi connectivity index (χ0n) is 15.0.